The molecule has 0 fully saturated rings. The standard InChI is InChI=1S/C14H14ClN5S/c1-2-8-7-9-12(17-11-6-4-3-5-10(11)15)18-14(20-16)19-13(9)21-8/h3-7H,2,16H2,1H3,(H2,17,18,19,20). The number of nitrogen functional groups attached to an aromatic ring is 1. The van der Waals surface area contributed by atoms with Crippen molar-refractivity contribution in [3.05, 3.63) is 40.2 Å². The Kier molecular flexibility index (Phi) is 3.92. The summed E-state index contributed by atoms with van der Waals surface area (Å²) in [7, 11) is 0. The van der Waals surface area contributed by atoms with Gasteiger partial charge < -0.3 is 5.32 Å². The quantitative estimate of drug-likeness (QED) is 0.501. The number of rotatable bonds is 4. The molecule has 0 aliphatic rings. The number of hydrogen-bond acceptors (Lipinski definition) is 6. The summed E-state index contributed by atoms with van der Waals surface area (Å²) >= 11 is 7.82. The molecule has 3 rings (SSSR count). The summed E-state index contributed by atoms with van der Waals surface area (Å²) in [5.74, 6) is 6.52. The topological polar surface area (TPSA) is 75.9 Å². The Morgan fingerprint density at radius 1 is 1.29 bits per heavy atom. The second-order valence-corrected chi connectivity index (χ2v) is 5.95. The first-order chi connectivity index (χ1) is 10.2. The van der Waals surface area contributed by atoms with Gasteiger partial charge in [-0.05, 0) is 24.6 Å². The van der Waals surface area contributed by atoms with E-state index >= 15 is 0 Å². The van der Waals surface area contributed by atoms with Gasteiger partial charge in [0.25, 0.3) is 0 Å². The Labute approximate surface area is 131 Å². The molecule has 4 N–H and O–H groups in total. The molecule has 0 unspecified atom stereocenters. The van der Waals surface area contributed by atoms with Crippen molar-refractivity contribution in [2.45, 2.75) is 13.3 Å². The Bertz CT molecular complexity index is 786. The van der Waals surface area contributed by atoms with E-state index < -0.39 is 0 Å². The minimum absolute atomic E-state index is 0.376. The van der Waals surface area contributed by atoms with Crippen LogP contribution >= 0.6 is 22.9 Å². The highest BCUT2D eigenvalue weighted by molar-refractivity contribution is 7.18. The third kappa shape index (κ3) is 2.78. The minimum atomic E-state index is 0.376. The lowest BCUT2D eigenvalue weighted by atomic mass is 10.3. The lowest BCUT2D eigenvalue weighted by Crippen LogP contribution is -2.11. The van der Waals surface area contributed by atoms with Crippen LogP contribution in [0.3, 0.4) is 0 Å². The van der Waals surface area contributed by atoms with Crippen LogP contribution in [0.4, 0.5) is 17.5 Å². The number of halogens is 1. The van der Waals surface area contributed by atoms with Crippen molar-refractivity contribution in [1.29, 1.82) is 0 Å². The van der Waals surface area contributed by atoms with E-state index in [9.17, 15) is 0 Å². The summed E-state index contributed by atoms with van der Waals surface area (Å²) in [5, 5.41) is 4.86. The van der Waals surface area contributed by atoms with E-state index in [0.29, 0.717) is 16.8 Å². The van der Waals surface area contributed by atoms with Crippen molar-refractivity contribution in [1.82, 2.24) is 9.97 Å². The lowest BCUT2D eigenvalue weighted by Gasteiger charge is -2.09. The molecular formula is C14H14ClN5S. The maximum atomic E-state index is 6.19. The first kappa shape index (κ1) is 14.1. The lowest BCUT2D eigenvalue weighted by molar-refractivity contribution is 1.16. The highest BCUT2D eigenvalue weighted by Crippen LogP contribution is 2.33. The van der Waals surface area contributed by atoms with Gasteiger partial charge in [0.15, 0.2) is 0 Å². The van der Waals surface area contributed by atoms with Crippen molar-refractivity contribution in [2.24, 2.45) is 5.84 Å². The van der Waals surface area contributed by atoms with Gasteiger partial charge in [-0.3, -0.25) is 5.43 Å². The van der Waals surface area contributed by atoms with Crippen molar-refractivity contribution >= 4 is 50.6 Å². The molecule has 0 amide bonds. The zero-order valence-electron chi connectivity index (χ0n) is 11.4. The summed E-state index contributed by atoms with van der Waals surface area (Å²) < 4.78 is 0. The fourth-order valence-corrected chi connectivity index (χ4v) is 3.15. The van der Waals surface area contributed by atoms with Crippen molar-refractivity contribution in [3.63, 3.8) is 0 Å². The predicted octanol–water partition coefficient (Wildman–Crippen LogP) is 3.94. The number of benzene rings is 1. The van der Waals surface area contributed by atoms with Crippen LogP contribution in [0.2, 0.25) is 5.02 Å². The Hall–Kier alpha value is -1.89. The van der Waals surface area contributed by atoms with Crippen LogP contribution in [0.5, 0.6) is 0 Å². The van der Waals surface area contributed by atoms with E-state index in [1.807, 2.05) is 24.3 Å². The van der Waals surface area contributed by atoms with Crippen LogP contribution in [-0.4, -0.2) is 9.97 Å². The number of aryl methyl sites for hydroxylation is 1. The van der Waals surface area contributed by atoms with E-state index in [0.717, 1.165) is 22.3 Å². The van der Waals surface area contributed by atoms with Crippen LogP contribution in [0.25, 0.3) is 10.2 Å². The molecule has 0 atom stereocenters. The van der Waals surface area contributed by atoms with Crippen LogP contribution < -0.4 is 16.6 Å². The summed E-state index contributed by atoms with van der Waals surface area (Å²) in [6.45, 7) is 2.11. The zero-order chi connectivity index (χ0) is 14.8. The normalized spacial score (nSPS) is 10.8. The van der Waals surface area contributed by atoms with Gasteiger partial charge in [0, 0.05) is 4.88 Å². The van der Waals surface area contributed by atoms with E-state index in [-0.39, 0.29) is 0 Å². The second kappa shape index (κ2) is 5.85. The van der Waals surface area contributed by atoms with Gasteiger partial charge in [0.2, 0.25) is 5.95 Å². The van der Waals surface area contributed by atoms with Crippen molar-refractivity contribution in [2.75, 3.05) is 10.7 Å². The molecule has 0 aliphatic carbocycles. The second-order valence-electron chi connectivity index (χ2n) is 4.43. The summed E-state index contributed by atoms with van der Waals surface area (Å²) in [4.78, 5) is 10.9. The molecule has 3 aromatic rings. The molecule has 0 spiro atoms. The SMILES string of the molecule is CCc1cc2c(Nc3ccccc3Cl)nc(NN)nc2s1. The van der Waals surface area contributed by atoms with Crippen molar-refractivity contribution in [3.8, 4) is 0 Å². The Balaban J connectivity index is 2.11. The van der Waals surface area contributed by atoms with Crippen LogP contribution in [0, 0.1) is 0 Å². The summed E-state index contributed by atoms with van der Waals surface area (Å²) in [6, 6.07) is 9.63. The molecule has 0 bridgehead atoms. The molecule has 0 saturated carbocycles. The maximum absolute atomic E-state index is 6.19. The van der Waals surface area contributed by atoms with Crippen LogP contribution in [0.15, 0.2) is 30.3 Å². The summed E-state index contributed by atoms with van der Waals surface area (Å²) in [5.41, 5.74) is 3.30. The number of anilines is 3. The van der Waals surface area contributed by atoms with E-state index in [1.54, 1.807) is 11.3 Å². The number of para-hydroxylation sites is 1. The molecule has 0 aliphatic heterocycles. The highest BCUT2D eigenvalue weighted by Gasteiger charge is 2.12. The minimum Gasteiger partial charge on any atom is -0.338 e. The van der Waals surface area contributed by atoms with Gasteiger partial charge in [0.1, 0.15) is 10.6 Å². The first-order valence-electron chi connectivity index (χ1n) is 6.50. The highest BCUT2D eigenvalue weighted by atomic mass is 35.5. The molecule has 1 aromatic carbocycles. The fraction of sp³-hybridized carbons (Fsp3) is 0.143. The first-order valence-corrected chi connectivity index (χ1v) is 7.69. The number of fused-ring (bicyclic) bond motifs is 1. The van der Waals surface area contributed by atoms with Crippen LogP contribution in [-0.2, 0) is 6.42 Å². The third-order valence-electron chi connectivity index (χ3n) is 3.05. The number of nitrogens with one attached hydrogen (secondary N) is 2. The summed E-state index contributed by atoms with van der Waals surface area (Å²) in [6.07, 6.45) is 0.956. The van der Waals surface area contributed by atoms with Crippen molar-refractivity contribution < 1.29 is 0 Å². The number of nitrogens with zero attached hydrogens (tertiary/aromatic N) is 2. The van der Waals surface area contributed by atoms with E-state index in [2.05, 4.69) is 33.7 Å². The van der Waals surface area contributed by atoms with E-state index in [1.165, 1.54) is 4.88 Å². The molecule has 2 aromatic heterocycles. The van der Waals surface area contributed by atoms with E-state index in [4.69, 9.17) is 17.4 Å². The smallest absolute Gasteiger partial charge is 0.240 e. The number of hydrogen-bond donors (Lipinski definition) is 3. The van der Waals surface area contributed by atoms with Gasteiger partial charge in [-0.2, -0.15) is 4.98 Å². The molecule has 5 nitrogen and oxygen atoms in total. The number of aromatic nitrogens is 2. The predicted molar refractivity (Wildman–Crippen MR) is 89.3 cm³/mol. The Morgan fingerprint density at radius 3 is 2.81 bits per heavy atom. The van der Waals surface area contributed by atoms with Gasteiger partial charge in [-0.25, -0.2) is 10.8 Å². The molecule has 108 valence electrons. The largest absolute Gasteiger partial charge is 0.338 e. The molecular weight excluding hydrogens is 306 g/mol. The average molecular weight is 320 g/mol. The number of hydrazine groups is 1. The van der Waals surface area contributed by atoms with Gasteiger partial charge >= 0.3 is 0 Å². The molecule has 2 heterocycles. The Morgan fingerprint density at radius 2 is 2.10 bits per heavy atom. The van der Waals surface area contributed by atoms with Gasteiger partial charge in [-0.1, -0.05) is 30.7 Å². The zero-order valence-corrected chi connectivity index (χ0v) is 12.9. The van der Waals surface area contributed by atoms with Crippen LogP contribution in [0.1, 0.15) is 11.8 Å². The van der Waals surface area contributed by atoms with Gasteiger partial charge in [0.05, 0.1) is 16.1 Å². The fourth-order valence-electron chi connectivity index (χ4n) is 2.00. The average Bonchev–Trinajstić information content (AvgIpc) is 2.92. The third-order valence-corrected chi connectivity index (χ3v) is 4.55. The van der Waals surface area contributed by atoms with Gasteiger partial charge in [-0.15, -0.1) is 11.3 Å². The molecule has 0 saturated heterocycles. The molecule has 0 radical (unpaired) electrons. The monoisotopic (exact) mass is 319 g/mol. The maximum Gasteiger partial charge on any atom is 0.240 e. The molecule has 7 heteroatoms. The number of nitrogens with two attached hydrogens (primary N) is 1. The molecule has 21 heavy (non-hydrogen) atoms. The number of thiophene rings is 1.